The van der Waals surface area contributed by atoms with Crippen molar-refractivity contribution >= 4 is 23.2 Å². The third-order valence-corrected chi connectivity index (χ3v) is 3.02. The van der Waals surface area contributed by atoms with Crippen LogP contribution in [0.4, 0.5) is 11.4 Å². The van der Waals surface area contributed by atoms with Crippen molar-refractivity contribution < 1.29 is 14.3 Å². The monoisotopic (exact) mass is 261 g/mol. The SMILES string of the molecule is O=C(CNC1CC1)Nc1ccc2c(c1)NC(=O)CO2. The molecule has 2 amide bonds. The van der Waals surface area contributed by atoms with Gasteiger partial charge < -0.3 is 20.7 Å². The van der Waals surface area contributed by atoms with Crippen LogP contribution >= 0.6 is 0 Å². The van der Waals surface area contributed by atoms with E-state index in [0.29, 0.717) is 29.7 Å². The van der Waals surface area contributed by atoms with Crippen molar-refractivity contribution in [3.63, 3.8) is 0 Å². The first kappa shape index (κ1) is 12.0. The zero-order chi connectivity index (χ0) is 13.2. The molecule has 1 aromatic rings. The quantitative estimate of drug-likeness (QED) is 0.745. The third kappa shape index (κ3) is 3.03. The summed E-state index contributed by atoms with van der Waals surface area (Å²) in [6.45, 7) is 0.342. The fourth-order valence-corrected chi connectivity index (χ4v) is 1.89. The van der Waals surface area contributed by atoms with Crippen LogP contribution in [0.15, 0.2) is 18.2 Å². The minimum absolute atomic E-state index is 0.0318. The van der Waals surface area contributed by atoms with E-state index < -0.39 is 0 Å². The lowest BCUT2D eigenvalue weighted by Crippen LogP contribution is -2.29. The van der Waals surface area contributed by atoms with Gasteiger partial charge in [-0.05, 0) is 31.0 Å². The molecule has 3 rings (SSSR count). The number of ether oxygens (including phenoxy) is 1. The van der Waals surface area contributed by atoms with E-state index in [2.05, 4.69) is 16.0 Å². The van der Waals surface area contributed by atoms with Crippen molar-refractivity contribution in [3.05, 3.63) is 18.2 Å². The second-order valence-corrected chi connectivity index (χ2v) is 4.75. The first-order valence-corrected chi connectivity index (χ1v) is 6.30. The molecule has 0 bridgehead atoms. The molecule has 100 valence electrons. The molecule has 1 heterocycles. The van der Waals surface area contributed by atoms with Crippen LogP contribution in [0.3, 0.4) is 0 Å². The Morgan fingerprint density at radius 2 is 2.26 bits per heavy atom. The number of anilines is 2. The number of amides is 2. The van der Waals surface area contributed by atoms with E-state index in [9.17, 15) is 9.59 Å². The van der Waals surface area contributed by atoms with Gasteiger partial charge >= 0.3 is 0 Å². The van der Waals surface area contributed by atoms with Gasteiger partial charge in [-0.15, -0.1) is 0 Å². The number of carbonyl (C=O) groups is 2. The Hall–Kier alpha value is -2.08. The van der Waals surface area contributed by atoms with E-state index in [1.54, 1.807) is 18.2 Å². The Morgan fingerprint density at radius 3 is 3.05 bits per heavy atom. The molecule has 1 aliphatic heterocycles. The number of rotatable bonds is 4. The minimum Gasteiger partial charge on any atom is -0.482 e. The summed E-state index contributed by atoms with van der Waals surface area (Å²) in [5.41, 5.74) is 1.23. The fourth-order valence-electron chi connectivity index (χ4n) is 1.89. The van der Waals surface area contributed by atoms with Crippen molar-refractivity contribution in [2.24, 2.45) is 0 Å². The molecule has 1 aliphatic carbocycles. The fraction of sp³-hybridized carbons (Fsp3) is 0.385. The second kappa shape index (κ2) is 4.89. The van der Waals surface area contributed by atoms with Crippen LogP contribution < -0.4 is 20.7 Å². The summed E-state index contributed by atoms with van der Waals surface area (Å²) < 4.78 is 5.25. The van der Waals surface area contributed by atoms with Gasteiger partial charge in [0.25, 0.3) is 5.91 Å². The van der Waals surface area contributed by atoms with Crippen molar-refractivity contribution in [1.29, 1.82) is 0 Å². The summed E-state index contributed by atoms with van der Waals surface area (Å²) in [6, 6.07) is 5.69. The highest BCUT2D eigenvalue weighted by molar-refractivity contribution is 5.98. The lowest BCUT2D eigenvalue weighted by atomic mass is 10.2. The Balaban J connectivity index is 1.62. The first-order chi connectivity index (χ1) is 9.20. The number of hydrogen-bond acceptors (Lipinski definition) is 4. The molecular formula is C13H15N3O3. The van der Waals surface area contributed by atoms with Crippen LogP contribution in [0.25, 0.3) is 0 Å². The largest absolute Gasteiger partial charge is 0.482 e. The number of benzene rings is 1. The van der Waals surface area contributed by atoms with Crippen molar-refractivity contribution in [2.75, 3.05) is 23.8 Å². The van der Waals surface area contributed by atoms with Crippen molar-refractivity contribution in [1.82, 2.24) is 5.32 Å². The van der Waals surface area contributed by atoms with Gasteiger partial charge in [0.15, 0.2) is 6.61 Å². The molecule has 0 unspecified atom stereocenters. The van der Waals surface area contributed by atoms with Crippen LogP contribution in [0.5, 0.6) is 5.75 Å². The summed E-state index contributed by atoms with van der Waals surface area (Å²) in [5, 5.41) is 8.62. The second-order valence-electron chi connectivity index (χ2n) is 4.75. The molecule has 6 nitrogen and oxygen atoms in total. The van der Waals surface area contributed by atoms with Crippen LogP contribution in [-0.2, 0) is 9.59 Å². The average molecular weight is 261 g/mol. The highest BCUT2D eigenvalue weighted by Crippen LogP contribution is 2.30. The third-order valence-electron chi connectivity index (χ3n) is 3.02. The van der Waals surface area contributed by atoms with Crippen LogP contribution in [0.2, 0.25) is 0 Å². The maximum Gasteiger partial charge on any atom is 0.262 e. The van der Waals surface area contributed by atoms with Gasteiger partial charge in [-0.1, -0.05) is 0 Å². The average Bonchev–Trinajstić information content (AvgIpc) is 3.20. The molecule has 0 aromatic heterocycles. The molecule has 19 heavy (non-hydrogen) atoms. The van der Waals surface area contributed by atoms with Gasteiger partial charge in [0.1, 0.15) is 5.75 Å². The molecule has 1 aromatic carbocycles. The van der Waals surface area contributed by atoms with E-state index >= 15 is 0 Å². The number of hydrogen-bond donors (Lipinski definition) is 3. The van der Waals surface area contributed by atoms with Gasteiger partial charge in [0.2, 0.25) is 5.91 Å². The molecule has 3 N–H and O–H groups in total. The number of fused-ring (bicyclic) bond motifs is 1. The van der Waals surface area contributed by atoms with Gasteiger partial charge in [-0.2, -0.15) is 0 Å². The predicted octanol–water partition coefficient (Wildman–Crippen LogP) is 0.708. The van der Waals surface area contributed by atoms with Crippen molar-refractivity contribution in [2.45, 2.75) is 18.9 Å². The van der Waals surface area contributed by atoms with Gasteiger partial charge in [0, 0.05) is 11.7 Å². The minimum atomic E-state index is -0.189. The van der Waals surface area contributed by atoms with Crippen LogP contribution in [-0.4, -0.2) is 31.0 Å². The smallest absolute Gasteiger partial charge is 0.262 e. The number of carbonyl (C=O) groups excluding carboxylic acids is 2. The standard InChI is InChI=1S/C13H15N3O3/c17-12(6-14-8-1-2-8)15-9-3-4-11-10(5-9)16-13(18)7-19-11/h3-5,8,14H,1-2,6-7H2,(H,15,17)(H,16,18). The van der Waals surface area contributed by atoms with Gasteiger partial charge in [-0.25, -0.2) is 0 Å². The Morgan fingerprint density at radius 1 is 1.42 bits per heavy atom. The maximum atomic E-state index is 11.7. The zero-order valence-corrected chi connectivity index (χ0v) is 10.4. The van der Waals surface area contributed by atoms with Gasteiger partial charge in [-0.3, -0.25) is 9.59 Å². The van der Waals surface area contributed by atoms with Crippen LogP contribution in [0, 0.1) is 0 Å². The van der Waals surface area contributed by atoms with Crippen molar-refractivity contribution in [3.8, 4) is 5.75 Å². The molecule has 0 radical (unpaired) electrons. The highest BCUT2D eigenvalue weighted by atomic mass is 16.5. The summed E-state index contributed by atoms with van der Waals surface area (Å²) in [4.78, 5) is 22.9. The molecule has 0 atom stereocenters. The molecule has 6 heteroatoms. The highest BCUT2D eigenvalue weighted by Gasteiger charge is 2.21. The predicted molar refractivity (Wildman–Crippen MR) is 70.2 cm³/mol. The lowest BCUT2D eigenvalue weighted by Gasteiger charge is -2.18. The van der Waals surface area contributed by atoms with E-state index in [0.717, 1.165) is 12.8 Å². The number of nitrogens with one attached hydrogen (secondary N) is 3. The summed E-state index contributed by atoms with van der Waals surface area (Å²) >= 11 is 0. The van der Waals surface area contributed by atoms with E-state index in [-0.39, 0.29) is 18.4 Å². The Bertz CT molecular complexity index is 526. The normalized spacial score (nSPS) is 17.2. The molecule has 0 spiro atoms. The molecule has 1 fully saturated rings. The Labute approximate surface area is 110 Å². The molecule has 1 saturated carbocycles. The molecular weight excluding hydrogens is 246 g/mol. The van der Waals surface area contributed by atoms with Gasteiger partial charge in [0.05, 0.1) is 12.2 Å². The molecule has 2 aliphatic rings. The van der Waals surface area contributed by atoms with E-state index in [1.807, 2.05) is 0 Å². The van der Waals surface area contributed by atoms with Crippen LogP contribution in [0.1, 0.15) is 12.8 Å². The van der Waals surface area contributed by atoms with E-state index in [4.69, 9.17) is 4.74 Å². The molecule has 0 saturated heterocycles. The maximum absolute atomic E-state index is 11.7. The summed E-state index contributed by atoms with van der Waals surface area (Å²) in [7, 11) is 0. The first-order valence-electron chi connectivity index (χ1n) is 6.30. The topological polar surface area (TPSA) is 79.5 Å². The zero-order valence-electron chi connectivity index (χ0n) is 10.4. The summed E-state index contributed by atoms with van der Waals surface area (Å²) in [5.74, 6) is 0.343. The van der Waals surface area contributed by atoms with E-state index in [1.165, 1.54) is 0 Å². The lowest BCUT2D eigenvalue weighted by molar-refractivity contribution is -0.118. The Kier molecular flexibility index (Phi) is 3.08. The summed E-state index contributed by atoms with van der Waals surface area (Å²) in [6.07, 6.45) is 2.30.